The fraction of sp³-hybridized carbons (Fsp3) is 0.714. The van der Waals surface area contributed by atoms with Gasteiger partial charge in [-0.05, 0) is 59.3 Å². The summed E-state index contributed by atoms with van der Waals surface area (Å²) >= 11 is 0. The number of hydrogen-bond acceptors (Lipinski definition) is 4. The number of hydrogen-bond donors (Lipinski definition) is 3. The van der Waals surface area contributed by atoms with Crippen LogP contribution in [0.2, 0.25) is 0 Å². The zero-order valence-electron chi connectivity index (χ0n) is 15.8. The Bertz CT molecular complexity index is 490. The van der Waals surface area contributed by atoms with Crippen LogP contribution in [0.4, 0.5) is 0 Å². The van der Waals surface area contributed by atoms with Crippen molar-refractivity contribution >= 4 is 0 Å². The summed E-state index contributed by atoms with van der Waals surface area (Å²) < 4.78 is 6.09. The van der Waals surface area contributed by atoms with Gasteiger partial charge in [0, 0.05) is 0 Å². The lowest BCUT2D eigenvalue weighted by molar-refractivity contribution is -0.0959. The first kappa shape index (κ1) is 20.4. The van der Waals surface area contributed by atoms with E-state index in [-0.39, 0.29) is 6.10 Å². The highest BCUT2D eigenvalue weighted by Gasteiger charge is 2.73. The topological polar surface area (TPSA) is 73.2 Å². The summed E-state index contributed by atoms with van der Waals surface area (Å²) in [6.45, 7) is 5.78. The summed E-state index contributed by atoms with van der Waals surface area (Å²) in [5.74, 6) is 0. The number of epoxide rings is 1. The van der Waals surface area contributed by atoms with E-state index < -0.39 is 29.3 Å². The SMILES string of the molecule is CC=CCC(O)C12CCCC(C(O)CC=CC)(C(O)CC=CC)C1O2. The molecule has 25 heavy (non-hydrogen) atoms. The summed E-state index contributed by atoms with van der Waals surface area (Å²) in [6.07, 6.45) is 13.2. The Morgan fingerprint density at radius 3 is 1.80 bits per heavy atom. The predicted octanol–water partition coefficient (Wildman–Crippen LogP) is 3.28. The molecule has 4 heteroatoms. The summed E-state index contributed by atoms with van der Waals surface area (Å²) in [5, 5.41) is 32.7. The second-order valence-electron chi connectivity index (χ2n) is 7.38. The molecule has 4 nitrogen and oxygen atoms in total. The van der Waals surface area contributed by atoms with Crippen molar-refractivity contribution in [3.8, 4) is 0 Å². The second kappa shape index (κ2) is 8.63. The Balaban J connectivity index is 2.29. The van der Waals surface area contributed by atoms with E-state index in [4.69, 9.17) is 4.74 Å². The molecular formula is C21H34O4. The molecule has 0 aromatic rings. The van der Waals surface area contributed by atoms with E-state index in [0.717, 1.165) is 12.8 Å². The standard InChI is InChI=1S/C21H34O4/c1-4-7-11-16(22)20(17(23)12-8-5-2)14-10-15-21(19(20)25-21)18(24)13-9-6-3/h4-9,16-19,22-24H,10-15H2,1-3H3. The van der Waals surface area contributed by atoms with Crippen LogP contribution in [0.1, 0.15) is 59.3 Å². The molecule has 1 aliphatic heterocycles. The molecule has 2 fully saturated rings. The number of rotatable bonds is 9. The van der Waals surface area contributed by atoms with E-state index in [9.17, 15) is 15.3 Å². The molecule has 2 aliphatic rings. The molecule has 5 atom stereocenters. The average molecular weight is 350 g/mol. The molecule has 142 valence electrons. The van der Waals surface area contributed by atoms with Crippen molar-refractivity contribution in [2.45, 2.75) is 89.3 Å². The van der Waals surface area contributed by atoms with Crippen molar-refractivity contribution in [1.82, 2.24) is 0 Å². The molecule has 5 unspecified atom stereocenters. The quantitative estimate of drug-likeness (QED) is 0.441. The first-order valence-electron chi connectivity index (χ1n) is 9.55. The Morgan fingerprint density at radius 2 is 1.32 bits per heavy atom. The predicted molar refractivity (Wildman–Crippen MR) is 100 cm³/mol. The Hall–Kier alpha value is -0.940. The zero-order valence-corrected chi connectivity index (χ0v) is 15.8. The van der Waals surface area contributed by atoms with Gasteiger partial charge in [0.2, 0.25) is 0 Å². The van der Waals surface area contributed by atoms with Gasteiger partial charge in [0.05, 0.1) is 23.7 Å². The highest BCUT2D eigenvalue weighted by Crippen LogP contribution is 2.62. The summed E-state index contributed by atoms with van der Waals surface area (Å²) in [6, 6.07) is 0. The molecular weight excluding hydrogens is 316 g/mol. The normalized spacial score (nSPS) is 36.0. The first-order chi connectivity index (χ1) is 12.0. The lowest BCUT2D eigenvalue weighted by atomic mass is 9.61. The van der Waals surface area contributed by atoms with Crippen molar-refractivity contribution in [1.29, 1.82) is 0 Å². The van der Waals surface area contributed by atoms with Crippen LogP contribution in [0, 0.1) is 5.41 Å². The monoisotopic (exact) mass is 350 g/mol. The van der Waals surface area contributed by atoms with Gasteiger partial charge in [-0.1, -0.05) is 36.5 Å². The molecule has 0 spiro atoms. The highest BCUT2D eigenvalue weighted by molar-refractivity contribution is 5.22. The van der Waals surface area contributed by atoms with Gasteiger partial charge in [-0.15, -0.1) is 0 Å². The summed E-state index contributed by atoms with van der Waals surface area (Å²) in [4.78, 5) is 0. The third-order valence-electron chi connectivity index (χ3n) is 5.98. The molecule has 1 heterocycles. The van der Waals surface area contributed by atoms with Gasteiger partial charge in [0.15, 0.2) is 0 Å². The minimum absolute atomic E-state index is 0.297. The maximum absolute atomic E-state index is 11.0. The molecule has 1 saturated heterocycles. The van der Waals surface area contributed by atoms with Crippen molar-refractivity contribution in [3.05, 3.63) is 36.5 Å². The average Bonchev–Trinajstić information content (AvgIpc) is 3.38. The van der Waals surface area contributed by atoms with Gasteiger partial charge in [-0.25, -0.2) is 0 Å². The molecule has 0 aromatic heterocycles. The van der Waals surface area contributed by atoms with E-state index in [1.54, 1.807) is 0 Å². The fourth-order valence-corrected chi connectivity index (χ4v) is 4.50. The largest absolute Gasteiger partial charge is 0.392 e. The minimum atomic E-state index is -0.728. The van der Waals surface area contributed by atoms with Crippen molar-refractivity contribution in [2.24, 2.45) is 5.41 Å². The van der Waals surface area contributed by atoms with Crippen molar-refractivity contribution < 1.29 is 20.1 Å². The van der Waals surface area contributed by atoms with Crippen LogP contribution in [0.15, 0.2) is 36.5 Å². The number of fused-ring (bicyclic) bond motifs is 1. The van der Waals surface area contributed by atoms with Crippen molar-refractivity contribution in [2.75, 3.05) is 0 Å². The maximum Gasteiger partial charge on any atom is 0.122 e. The lowest BCUT2D eigenvalue weighted by Crippen LogP contribution is -2.55. The van der Waals surface area contributed by atoms with Gasteiger partial charge >= 0.3 is 0 Å². The van der Waals surface area contributed by atoms with E-state index in [2.05, 4.69) is 0 Å². The fourth-order valence-electron chi connectivity index (χ4n) is 4.50. The lowest BCUT2D eigenvalue weighted by Gasteiger charge is -2.44. The number of aliphatic hydroxyl groups excluding tert-OH is 3. The Labute approximate surface area is 151 Å². The Kier molecular flexibility index (Phi) is 7.03. The third-order valence-corrected chi connectivity index (χ3v) is 5.98. The van der Waals surface area contributed by atoms with Gasteiger partial charge < -0.3 is 20.1 Å². The molecule has 0 radical (unpaired) electrons. The summed E-state index contributed by atoms with van der Waals surface area (Å²) in [7, 11) is 0. The molecule has 3 N–H and O–H groups in total. The maximum atomic E-state index is 11.0. The van der Waals surface area contributed by atoms with E-state index >= 15 is 0 Å². The highest BCUT2D eigenvalue weighted by atomic mass is 16.6. The van der Waals surface area contributed by atoms with E-state index in [1.165, 1.54) is 0 Å². The van der Waals surface area contributed by atoms with Gasteiger partial charge in [-0.2, -0.15) is 0 Å². The molecule has 1 saturated carbocycles. The van der Waals surface area contributed by atoms with Crippen LogP contribution in [0.3, 0.4) is 0 Å². The van der Waals surface area contributed by atoms with Gasteiger partial charge in [0.1, 0.15) is 11.7 Å². The zero-order chi connectivity index (χ0) is 18.5. The second-order valence-corrected chi connectivity index (χ2v) is 7.38. The third kappa shape index (κ3) is 3.77. The van der Waals surface area contributed by atoms with E-state index in [1.807, 2.05) is 57.2 Å². The van der Waals surface area contributed by atoms with Crippen molar-refractivity contribution in [3.63, 3.8) is 0 Å². The molecule has 0 bridgehead atoms. The van der Waals surface area contributed by atoms with Crippen LogP contribution >= 0.6 is 0 Å². The number of ether oxygens (including phenoxy) is 1. The smallest absolute Gasteiger partial charge is 0.122 e. The Morgan fingerprint density at radius 1 is 0.840 bits per heavy atom. The summed E-state index contributed by atoms with van der Waals surface area (Å²) in [5.41, 5.74) is -1.35. The molecule has 0 aromatic carbocycles. The minimum Gasteiger partial charge on any atom is -0.392 e. The van der Waals surface area contributed by atoms with Crippen LogP contribution in [0.25, 0.3) is 0 Å². The number of aliphatic hydroxyl groups is 3. The van der Waals surface area contributed by atoms with Gasteiger partial charge in [0.25, 0.3) is 0 Å². The van der Waals surface area contributed by atoms with Crippen LogP contribution in [-0.4, -0.2) is 45.3 Å². The van der Waals surface area contributed by atoms with Crippen LogP contribution in [0.5, 0.6) is 0 Å². The van der Waals surface area contributed by atoms with Crippen LogP contribution < -0.4 is 0 Å². The van der Waals surface area contributed by atoms with E-state index in [0.29, 0.717) is 25.7 Å². The van der Waals surface area contributed by atoms with Gasteiger partial charge in [-0.3, -0.25) is 0 Å². The molecule has 0 amide bonds. The number of allylic oxidation sites excluding steroid dienone is 3. The molecule has 1 aliphatic carbocycles. The first-order valence-corrected chi connectivity index (χ1v) is 9.55. The molecule has 2 rings (SSSR count). The van der Waals surface area contributed by atoms with Crippen LogP contribution in [-0.2, 0) is 4.74 Å².